The Hall–Kier alpha value is -1.41. The van der Waals surface area contributed by atoms with E-state index in [0.29, 0.717) is 0 Å². The largest absolute Gasteiger partial charge is 0.280 e. The number of rotatable bonds is 4. The van der Waals surface area contributed by atoms with Gasteiger partial charge in [0, 0.05) is 11.8 Å². The van der Waals surface area contributed by atoms with Gasteiger partial charge in [-0.25, -0.2) is 12.8 Å². The van der Waals surface area contributed by atoms with Crippen molar-refractivity contribution in [2.24, 2.45) is 0 Å². The van der Waals surface area contributed by atoms with Gasteiger partial charge in [-0.3, -0.25) is 9.82 Å². The SMILES string of the molecule is CC(C)c1cc(NS(=O)(=O)c2ccc(Br)c(F)c2)n[nH]1. The van der Waals surface area contributed by atoms with Gasteiger partial charge in [0.25, 0.3) is 10.0 Å². The van der Waals surface area contributed by atoms with Gasteiger partial charge in [-0.1, -0.05) is 13.8 Å². The zero-order valence-corrected chi connectivity index (χ0v) is 13.2. The van der Waals surface area contributed by atoms with Crippen LogP contribution in [0.2, 0.25) is 0 Å². The molecule has 8 heteroatoms. The number of benzene rings is 1. The Morgan fingerprint density at radius 3 is 2.60 bits per heavy atom. The molecule has 0 aliphatic rings. The van der Waals surface area contributed by atoms with Gasteiger partial charge in [0.05, 0.1) is 9.37 Å². The van der Waals surface area contributed by atoms with Crippen LogP contribution in [0.5, 0.6) is 0 Å². The maximum absolute atomic E-state index is 13.4. The van der Waals surface area contributed by atoms with Gasteiger partial charge in [-0.05, 0) is 40.0 Å². The zero-order valence-electron chi connectivity index (χ0n) is 10.8. The van der Waals surface area contributed by atoms with Crippen LogP contribution in [0.3, 0.4) is 0 Å². The molecule has 5 nitrogen and oxygen atoms in total. The molecule has 0 fully saturated rings. The van der Waals surface area contributed by atoms with Gasteiger partial charge in [0.15, 0.2) is 5.82 Å². The third kappa shape index (κ3) is 3.18. The molecule has 2 aromatic rings. The summed E-state index contributed by atoms with van der Waals surface area (Å²) >= 11 is 2.97. The highest BCUT2D eigenvalue weighted by atomic mass is 79.9. The normalized spacial score (nSPS) is 11.8. The van der Waals surface area contributed by atoms with Crippen molar-refractivity contribution < 1.29 is 12.8 Å². The minimum atomic E-state index is -3.86. The lowest BCUT2D eigenvalue weighted by Gasteiger charge is -2.05. The fourth-order valence-electron chi connectivity index (χ4n) is 1.53. The van der Waals surface area contributed by atoms with Crippen molar-refractivity contribution in [3.8, 4) is 0 Å². The highest BCUT2D eigenvalue weighted by Crippen LogP contribution is 2.22. The van der Waals surface area contributed by atoms with Crippen LogP contribution in [0.25, 0.3) is 0 Å². The number of anilines is 1. The van der Waals surface area contributed by atoms with Crippen LogP contribution >= 0.6 is 15.9 Å². The summed E-state index contributed by atoms with van der Waals surface area (Å²) in [6, 6.07) is 5.21. The molecule has 0 aliphatic heterocycles. The summed E-state index contributed by atoms with van der Waals surface area (Å²) in [4.78, 5) is -0.160. The van der Waals surface area contributed by atoms with Gasteiger partial charge < -0.3 is 0 Å². The molecule has 0 radical (unpaired) electrons. The maximum Gasteiger partial charge on any atom is 0.263 e. The molecule has 0 bridgehead atoms. The Bertz CT molecular complexity index is 728. The number of aromatic amines is 1. The van der Waals surface area contributed by atoms with Crippen molar-refractivity contribution in [1.29, 1.82) is 0 Å². The van der Waals surface area contributed by atoms with E-state index in [9.17, 15) is 12.8 Å². The van der Waals surface area contributed by atoms with Crippen LogP contribution in [0, 0.1) is 5.82 Å². The fourth-order valence-corrected chi connectivity index (χ4v) is 2.78. The molecule has 1 aromatic heterocycles. The van der Waals surface area contributed by atoms with Gasteiger partial charge >= 0.3 is 0 Å². The highest BCUT2D eigenvalue weighted by molar-refractivity contribution is 9.10. The third-order valence-corrected chi connectivity index (χ3v) is 4.66. The van der Waals surface area contributed by atoms with E-state index in [4.69, 9.17) is 0 Å². The number of nitrogens with zero attached hydrogens (tertiary/aromatic N) is 1. The summed E-state index contributed by atoms with van der Waals surface area (Å²) in [5.41, 5.74) is 0.810. The highest BCUT2D eigenvalue weighted by Gasteiger charge is 2.17. The van der Waals surface area contributed by atoms with E-state index >= 15 is 0 Å². The average molecular weight is 362 g/mol. The number of nitrogens with one attached hydrogen (secondary N) is 2. The minimum absolute atomic E-state index is 0.160. The van der Waals surface area contributed by atoms with Crippen LogP contribution in [-0.2, 0) is 10.0 Å². The first kappa shape index (κ1) is 15.0. The first-order valence-electron chi connectivity index (χ1n) is 5.83. The Labute approximate surface area is 124 Å². The number of hydrogen-bond acceptors (Lipinski definition) is 3. The molecule has 0 amide bonds. The van der Waals surface area contributed by atoms with Gasteiger partial charge in [-0.15, -0.1) is 0 Å². The fraction of sp³-hybridized carbons (Fsp3) is 0.250. The van der Waals surface area contributed by atoms with E-state index < -0.39 is 15.8 Å². The van der Waals surface area contributed by atoms with Crippen molar-refractivity contribution >= 4 is 31.8 Å². The molecule has 1 heterocycles. The van der Waals surface area contributed by atoms with Crippen molar-refractivity contribution in [1.82, 2.24) is 10.2 Å². The van der Waals surface area contributed by atoms with Gasteiger partial charge in [0.1, 0.15) is 5.82 Å². The number of hydrogen-bond donors (Lipinski definition) is 2. The topological polar surface area (TPSA) is 74.8 Å². The second-order valence-electron chi connectivity index (χ2n) is 4.54. The van der Waals surface area contributed by atoms with Crippen LogP contribution in [0.1, 0.15) is 25.5 Å². The average Bonchev–Trinajstić information content (AvgIpc) is 2.80. The Kier molecular flexibility index (Phi) is 4.14. The van der Waals surface area contributed by atoms with Crippen molar-refractivity contribution in [3.63, 3.8) is 0 Å². The minimum Gasteiger partial charge on any atom is -0.280 e. The summed E-state index contributed by atoms with van der Waals surface area (Å²) in [5.74, 6) is -0.263. The molecule has 0 saturated carbocycles. The number of H-pyrrole nitrogens is 1. The first-order chi connectivity index (χ1) is 9.29. The first-order valence-corrected chi connectivity index (χ1v) is 8.10. The molecule has 0 aliphatic carbocycles. The summed E-state index contributed by atoms with van der Waals surface area (Å²) in [5, 5.41) is 6.61. The van der Waals surface area contributed by atoms with E-state index in [1.165, 1.54) is 12.1 Å². The molecular weight excluding hydrogens is 349 g/mol. The molecule has 20 heavy (non-hydrogen) atoms. The second-order valence-corrected chi connectivity index (χ2v) is 7.08. The van der Waals surface area contributed by atoms with Gasteiger partial charge in [0.2, 0.25) is 0 Å². The smallest absolute Gasteiger partial charge is 0.263 e. The molecule has 2 rings (SSSR count). The summed E-state index contributed by atoms with van der Waals surface area (Å²) in [6.45, 7) is 3.91. The van der Waals surface area contributed by atoms with Crippen LogP contribution in [-0.4, -0.2) is 18.6 Å². The van der Waals surface area contributed by atoms with E-state index in [0.717, 1.165) is 11.8 Å². The number of halogens is 2. The Morgan fingerprint density at radius 1 is 1.35 bits per heavy atom. The van der Waals surface area contributed by atoms with Crippen LogP contribution in [0.15, 0.2) is 33.6 Å². The predicted octanol–water partition coefficient (Wildman–Crippen LogP) is 3.24. The zero-order chi connectivity index (χ0) is 14.9. The molecule has 0 saturated heterocycles. The van der Waals surface area contributed by atoms with Crippen molar-refractivity contribution in [2.45, 2.75) is 24.7 Å². The molecular formula is C12H13BrFN3O2S. The summed E-state index contributed by atoms with van der Waals surface area (Å²) < 4.78 is 40.1. The van der Waals surface area contributed by atoms with Crippen molar-refractivity contribution in [2.75, 3.05) is 4.72 Å². The standard InChI is InChI=1S/C12H13BrFN3O2S/c1-7(2)11-6-12(16-15-11)17-20(18,19)8-3-4-9(13)10(14)5-8/h3-7H,1-2H3,(H2,15,16,17). The Balaban J connectivity index is 2.28. The molecule has 0 spiro atoms. The molecule has 2 N–H and O–H groups in total. The van der Waals surface area contributed by atoms with Crippen molar-refractivity contribution in [3.05, 3.63) is 40.2 Å². The van der Waals surface area contributed by atoms with Crippen LogP contribution in [0.4, 0.5) is 10.2 Å². The van der Waals surface area contributed by atoms with Gasteiger partial charge in [-0.2, -0.15) is 5.10 Å². The maximum atomic E-state index is 13.4. The molecule has 108 valence electrons. The molecule has 1 aromatic carbocycles. The lowest BCUT2D eigenvalue weighted by Crippen LogP contribution is -2.13. The predicted molar refractivity (Wildman–Crippen MR) is 77.6 cm³/mol. The number of aromatic nitrogens is 2. The monoisotopic (exact) mass is 361 g/mol. The van der Waals surface area contributed by atoms with E-state index in [2.05, 4.69) is 30.8 Å². The number of sulfonamides is 1. The van der Waals surface area contributed by atoms with Crippen LogP contribution < -0.4 is 4.72 Å². The molecule has 0 unspecified atom stereocenters. The lowest BCUT2D eigenvalue weighted by molar-refractivity contribution is 0.593. The summed E-state index contributed by atoms with van der Waals surface area (Å²) in [6.07, 6.45) is 0. The summed E-state index contributed by atoms with van der Waals surface area (Å²) in [7, 11) is -3.86. The Morgan fingerprint density at radius 2 is 2.05 bits per heavy atom. The third-order valence-electron chi connectivity index (χ3n) is 2.66. The van der Waals surface area contributed by atoms with E-state index in [1.54, 1.807) is 6.07 Å². The second kappa shape index (κ2) is 5.53. The quantitative estimate of drug-likeness (QED) is 0.877. The van der Waals surface area contributed by atoms with E-state index in [1.807, 2.05) is 13.8 Å². The molecule has 0 atom stereocenters. The van der Waals surface area contributed by atoms with E-state index in [-0.39, 0.29) is 21.1 Å². The lowest BCUT2D eigenvalue weighted by atomic mass is 10.1.